The average Bonchev–Trinajstić information content (AvgIpc) is 2.69. The van der Waals surface area contributed by atoms with Crippen molar-refractivity contribution in [2.24, 2.45) is 4.99 Å². The number of nitrogens with zero attached hydrogens (tertiary/aromatic N) is 2. The molecular weight excluding hydrogens is 366 g/mol. The number of amides is 1. The van der Waals surface area contributed by atoms with Crippen LogP contribution in [-0.2, 0) is 0 Å². The quantitative estimate of drug-likeness (QED) is 0.538. The Morgan fingerprint density at radius 2 is 1.83 bits per heavy atom. The Morgan fingerprint density at radius 1 is 1.03 bits per heavy atom. The van der Waals surface area contributed by atoms with Gasteiger partial charge in [-0.1, -0.05) is 23.8 Å². The van der Waals surface area contributed by atoms with Crippen LogP contribution in [0.1, 0.15) is 21.6 Å². The number of benzene rings is 2. The smallest absolute Gasteiger partial charge is 0.262 e. The lowest BCUT2D eigenvalue weighted by molar-refractivity contribution is 0.102. The molecule has 0 saturated heterocycles. The van der Waals surface area contributed by atoms with Gasteiger partial charge in [0.2, 0.25) is 5.55 Å². The molecule has 6 nitrogen and oxygen atoms in total. The summed E-state index contributed by atoms with van der Waals surface area (Å²) in [5.41, 5.74) is 3.41. The number of aromatic hydroxyl groups is 1. The van der Waals surface area contributed by atoms with Gasteiger partial charge in [-0.3, -0.25) is 4.79 Å². The van der Waals surface area contributed by atoms with Gasteiger partial charge in [0.15, 0.2) is 0 Å². The van der Waals surface area contributed by atoms with Gasteiger partial charge in [-0.05, 0) is 56.3 Å². The summed E-state index contributed by atoms with van der Waals surface area (Å²) >= 11 is 0. The summed E-state index contributed by atoms with van der Waals surface area (Å²) in [6.07, 6.45) is 0. The van der Waals surface area contributed by atoms with Crippen molar-refractivity contribution in [3.63, 3.8) is 0 Å². The van der Waals surface area contributed by atoms with Gasteiger partial charge >= 0.3 is 0 Å². The number of phenols is 1. The van der Waals surface area contributed by atoms with Crippen molar-refractivity contribution < 1.29 is 14.3 Å². The SMILES string of the molecule is Cc1ccc(N=c2oc3cc(O)ccc3cc2C(=O)Nc2cccc(C)n2)cc1. The van der Waals surface area contributed by atoms with Crippen LogP contribution >= 0.6 is 0 Å². The van der Waals surface area contributed by atoms with E-state index in [1.807, 2.05) is 50.2 Å². The molecule has 0 radical (unpaired) electrons. The van der Waals surface area contributed by atoms with E-state index in [0.29, 0.717) is 22.5 Å². The van der Waals surface area contributed by atoms with E-state index in [4.69, 9.17) is 4.42 Å². The highest BCUT2D eigenvalue weighted by atomic mass is 16.3. The first-order chi connectivity index (χ1) is 14.0. The molecule has 0 aliphatic carbocycles. The summed E-state index contributed by atoms with van der Waals surface area (Å²) in [5.74, 6) is 0.137. The molecule has 0 fully saturated rings. The minimum Gasteiger partial charge on any atom is -0.508 e. The van der Waals surface area contributed by atoms with Gasteiger partial charge in [0.05, 0.1) is 5.69 Å². The topological polar surface area (TPSA) is 87.7 Å². The zero-order valence-corrected chi connectivity index (χ0v) is 16.0. The molecule has 0 aliphatic rings. The highest BCUT2D eigenvalue weighted by Crippen LogP contribution is 2.20. The van der Waals surface area contributed by atoms with Crippen LogP contribution in [0.4, 0.5) is 11.5 Å². The summed E-state index contributed by atoms with van der Waals surface area (Å²) in [7, 11) is 0. The van der Waals surface area contributed by atoms with Crippen LogP contribution in [0.15, 0.2) is 76.1 Å². The second kappa shape index (κ2) is 7.59. The molecule has 2 aromatic heterocycles. The van der Waals surface area contributed by atoms with Gasteiger partial charge in [0.25, 0.3) is 5.91 Å². The molecule has 144 valence electrons. The summed E-state index contributed by atoms with van der Waals surface area (Å²) in [6.45, 7) is 3.84. The van der Waals surface area contributed by atoms with Crippen molar-refractivity contribution >= 4 is 28.4 Å². The number of pyridine rings is 1. The second-order valence-electron chi connectivity index (χ2n) is 6.75. The molecule has 29 heavy (non-hydrogen) atoms. The van der Waals surface area contributed by atoms with Crippen molar-refractivity contribution in [1.29, 1.82) is 0 Å². The Kier molecular flexibility index (Phi) is 4.83. The monoisotopic (exact) mass is 385 g/mol. The Morgan fingerprint density at radius 3 is 2.59 bits per heavy atom. The molecule has 2 heterocycles. The Balaban J connectivity index is 1.85. The Hall–Kier alpha value is -3.93. The van der Waals surface area contributed by atoms with Gasteiger partial charge < -0.3 is 14.8 Å². The van der Waals surface area contributed by atoms with Crippen molar-refractivity contribution in [3.8, 4) is 5.75 Å². The van der Waals surface area contributed by atoms with E-state index in [9.17, 15) is 9.90 Å². The maximum absolute atomic E-state index is 13.0. The number of anilines is 1. The van der Waals surface area contributed by atoms with Crippen LogP contribution in [0.5, 0.6) is 5.75 Å². The summed E-state index contributed by atoms with van der Waals surface area (Å²) < 4.78 is 5.88. The molecule has 0 unspecified atom stereocenters. The minimum absolute atomic E-state index is 0.0729. The number of aryl methyl sites for hydroxylation is 2. The minimum atomic E-state index is -0.382. The first-order valence-electron chi connectivity index (χ1n) is 9.11. The van der Waals surface area contributed by atoms with Gasteiger partial charge in [-0.2, -0.15) is 0 Å². The first kappa shape index (κ1) is 18.4. The van der Waals surface area contributed by atoms with Crippen LogP contribution in [0, 0.1) is 13.8 Å². The lowest BCUT2D eigenvalue weighted by atomic mass is 10.1. The highest BCUT2D eigenvalue weighted by Gasteiger charge is 2.14. The van der Waals surface area contributed by atoms with Crippen LogP contribution in [0.25, 0.3) is 11.0 Å². The molecule has 4 rings (SSSR count). The number of rotatable bonds is 3. The molecule has 1 amide bonds. The molecule has 0 aliphatic heterocycles. The fraction of sp³-hybridized carbons (Fsp3) is 0.0870. The highest BCUT2D eigenvalue weighted by molar-refractivity contribution is 6.05. The standard InChI is InChI=1S/C23H19N3O3/c1-14-6-9-17(10-7-14)25-23-19(12-16-8-11-18(27)13-20(16)29-23)22(28)26-21-5-3-4-15(2)24-21/h3-13,27H,1-2H3,(H,24,26,28). The molecule has 2 N–H and O–H groups in total. The normalized spacial score (nSPS) is 11.6. The number of nitrogens with one attached hydrogen (secondary N) is 1. The summed E-state index contributed by atoms with van der Waals surface area (Å²) in [4.78, 5) is 21.8. The van der Waals surface area contributed by atoms with Crippen LogP contribution in [0.3, 0.4) is 0 Å². The summed E-state index contributed by atoms with van der Waals surface area (Å²) in [6, 6.07) is 19.4. The van der Waals surface area contributed by atoms with Crippen LogP contribution in [0.2, 0.25) is 0 Å². The first-order valence-corrected chi connectivity index (χ1v) is 9.11. The maximum atomic E-state index is 13.0. The van der Waals surface area contributed by atoms with Gasteiger partial charge in [0, 0.05) is 17.1 Å². The van der Waals surface area contributed by atoms with Crippen molar-refractivity contribution in [3.05, 3.63) is 89.1 Å². The third-order valence-corrected chi connectivity index (χ3v) is 4.37. The predicted molar refractivity (Wildman–Crippen MR) is 111 cm³/mol. The number of hydrogen-bond acceptors (Lipinski definition) is 5. The van der Waals surface area contributed by atoms with Crippen LogP contribution in [-0.4, -0.2) is 16.0 Å². The molecular formula is C23H19N3O3. The molecule has 6 heteroatoms. The third-order valence-electron chi connectivity index (χ3n) is 4.37. The van der Waals surface area contributed by atoms with Crippen molar-refractivity contribution in [1.82, 2.24) is 4.98 Å². The van der Waals surface area contributed by atoms with Gasteiger partial charge in [-0.25, -0.2) is 9.98 Å². The molecule has 4 aromatic rings. The van der Waals surface area contributed by atoms with Gasteiger partial charge in [0.1, 0.15) is 22.7 Å². The number of aromatic nitrogens is 1. The van der Waals surface area contributed by atoms with Crippen molar-refractivity contribution in [2.75, 3.05) is 5.32 Å². The van der Waals surface area contributed by atoms with E-state index in [1.54, 1.807) is 24.3 Å². The number of carbonyl (C=O) groups excluding carboxylic acids is 1. The zero-order valence-electron chi connectivity index (χ0n) is 16.0. The van der Waals surface area contributed by atoms with Crippen molar-refractivity contribution in [2.45, 2.75) is 13.8 Å². The molecule has 0 atom stereocenters. The van der Waals surface area contributed by atoms with E-state index in [-0.39, 0.29) is 22.8 Å². The number of carbonyl (C=O) groups is 1. The van der Waals surface area contributed by atoms with Gasteiger partial charge in [-0.15, -0.1) is 0 Å². The number of phenolic OH excluding ortho intramolecular Hbond substituents is 1. The van der Waals surface area contributed by atoms with E-state index in [1.165, 1.54) is 6.07 Å². The number of fused-ring (bicyclic) bond motifs is 1. The largest absolute Gasteiger partial charge is 0.508 e. The number of hydrogen-bond donors (Lipinski definition) is 2. The van der Waals surface area contributed by atoms with E-state index in [0.717, 1.165) is 11.3 Å². The molecule has 0 bridgehead atoms. The van der Waals surface area contributed by atoms with E-state index < -0.39 is 0 Å². The average molecular weight is 385 g/mol. The predicted octanol–water partition coefficient (Wildman–Crippen LogP) is 4.63. The Bertz CT molecular complexity index is 1270. The van der Waals surface area contributed by atoms with Crippen LogP contribution < -0.4 is 10.9 Å². The lowest BCUT2D eigenvalue weighted by Crippen LogP contribution is -2.22. The van der Waals surface area contributed by atoms with E-state index >= 15 is 0 Å². The van der Waals surface area contributed by atoms with E-state index in [2.05, 4.69) is 15.3 Å². The fourth-order valence-corrected chi connectivity index (χ4v) is 2.89. The third kappa shape index (κ3) is 4.16. The molecule has 2 aromatic carbocycles. The maximum Gasteiger partial charge on any atom is 0.262 e. The Labute approximate surface area is 167 Å². The second-order valence-corrected chi connectivity index (χ2v) is 6.75. The zero-order chi connectivity index (χ0) is 20.4. The lowest BCUT2D eigenvalue weighted by Gasteiger charge is -2.07. The molecule has 0 saturated carbocycles. The molecule has 0 spiro atoms. The fourth-order valence-electron chi connectivity index (χ4n) is 2.89. The summed E-state index contributed by atoms with van der Waals surface area (Å²) in [5, 5.41) is 13.2.